The fraction of sp³-hybridized carbons (Fsp3) is 0.100. The van der Waals surface area contributed by atoms with Gasteiger partial charge in [-0.2, -0.15) is 0 Å². The number of fused-ring (bicyclic) bond motifs is 1. The van der Waals surface area contributed by atoms with Gasteiger partial charge in [-0.25, -0.2) is 15.0 Å². The first-order valence-electron chi connectivity index (χ1n) is 8.75. The number of carbonyl (C=O) groups excluding carboxylic acids is 1. The van der Waals surface area contributed by atoms with E-state index in [0.29, 0.717) is 23.2 Å². The molecule has 3 aromatic heterocycles. The van der Waals surface area contributed by atoms with E-state index in [2.05, 4.69) is 20.3 Å². The summed E-state index contributed by atoms with van der Waals surface area (Å²) in [6.45, 7) is 0.695. The van der Waals surface area contributed by atoms with Crippen LogP contribution in [0.2, 0.25) is 5.02 Å². The Kier molecular flexibility index (Phi) is 5.55. The first kappa shape index (κ1) is 19.1. The Hall–Kier alpha value is -3.23. The van der Waals surface area contributed by atoms with Gasteiger partial charge in [-0.1, -0.05) is 29.8 Å². The molecule has 0 atom stereocenters. The topological polar surface area (TPSA) is 103 Å². The second kappa shape index (κ2) is 8.42. The van der Waals surface area contributed by atoms with Crippen LogP contribution in [0.15, 0.2) is 54.2 Å². The van der Waals surface area contributed by atoms with Crippen LogP contribution in [-0.4, -0.2) is 27.4 Å². The first-order chi connectivity index (χ1) is 14.1. The van der Waals surface area contributed by atoms with Gasteiger partial charge in [0.2, 0.25) is 5.88 Å². The summed E-state index contributed by atoms with van der Waals surface area (Å²) in [5.74, 6) is 1.08. The van der Waals surface area contributed by atoms with Crippen molar-refractivity contribution in [2.24, 2.45) is 5.73 Å². The number of aromatic nitrogens is 3. The van der Waals surface area contributed by atoms with Crippen molar-refractivity contribution in [1.82, 2.24) is 15.0 Å². The highest BCUT2D eigenvalue weighted by atomic mass is 35.5. The van der Waals surface area contributed by atoms with Crippen LogP contribution in [0.5, 0.6) is 11.6 Å². The van der Waals surface area contributed by atoms with E-state index in [4.69, 9.17) is 22.1 Å². The third-order valence-corrected chi connectivity index (χ3v) is 5.47. The molecule has 0 fully saturated rings. The number of anilines is 1. The van der Waals surface area contributed by atoms with Gasteiger partial charge in [0.15, 0.2) is 0 Å². The van der Waals surface area contributed by atoms with Gasteiger partial charge in [0.25, 0.3) is 5.91 Å². The van der Waals surface area contributed by atoms with Crippen LogP contribution in [-0.2, 0) is 6.42 Å². The Morgan fingerprint density at radius 3 is 2.79 bits per heavy atom. The lowest BCUT2D eigenvalue weighted by Gasteiger charge is -2.08. The number of rotatable bonds is 7. The summed E-state index contributed by atoms with van der Waals surface area (Å²) in [5.41, 5.74) is 6.53. The molecular formula is C20H16ClN5O2S. The molecule has 0 saturated carbocycles. The van der Waals surface area contributed by atoms with Crippen molar-refractivity contribution in [2.75, 3.05) is 11.9 Å². The number of hydrogen-bond acceptors (Lipinski definition) is 7. The number of nitrogens with zero attached hydrogens (tertiary/aromatic N) is 3. The quantitative estimate of drug-likeness (QED) is 0.458. The van der Waals surface area contributed by atoms with Crippen LogP contribution < -0.4 is 15.8 Å². The number of amides is 1. The maximum Gasteiger partial charge on any atom is 0.267 e. The summed E-state index contributed by atoms with van der Waals surface area (Å²) in [4.78, 5) is 24.7. The van der Waals surface area contributed by atoms with Crippen molar-refractivity contribution in [3.05, 3.63) is 70.5 Å². The molecule has 1 aromatic carbocycles. The lowest BCUT2D eigenvalue weighted by Crippen LogP contribution is -2.12. The maximum absolute atomic E-state index is 11.2. The summed E-state index contributed by atoms with van der Waals surface area (Å²) < 4.78 is 5.69. The molecule has 0 radical (unpaired) electrons. The smallest absolute Gasteiger partial charge is 0.267 e. The average molecular weight is 426 g/mol. The van der Waals surface area contributed by atoms with Gasteiger partial charge in [0.05, 0.1) is 10.4 Å². The number of primary amides is 1. The van der Waals surface area contributed by atoms with E-state index in [0.717, 1.165) is 28.0 Å². The van der Waals surface area contributed by atoms with E-state index >= 15 is 0 Å². The summed E-state index contributed by atoms with van der Waals surface area (Å²) in [6.07, 6.45) is 2.33. The zero-order chi connectivity index (χ0) is 20.2. The second-order valence-corrected chi connectivity index (χ2v) is 7.40. The summed E-state index contributed by atoms with van der Waals surface area (Å²) >= 11 is 7.73. The Bertz CT molecular complexity index is 1160. The minimum Gasteiger partial charge on any atom is -0.439 e. The number of nitrogens with one attached hydrogen (secondary N) is 1. The van der Waals surface area contributed by atoms with E-state index in [1.807, 2.05) is 29.6 Å². The first-order valence-corrected chi connectivity index (χ1v) is 10.0. The zero-order valence-corrected chi connectivity index (χ0v) is 16.7. The summed E-state index contributed by atoms with van der Waals surface area (Å²) in [5, 5.41) is 6.69. The molecule has 0 saturated heterocycles. The number of pyridine rings is 1. The van der Waals surface area contributed by atoms with Crippen molar-refractivity contribution in [1.29, 1.82) is 0 Å². The molecule has 0 aliphatic heterocycles. The molecule has 3 heterocycles. The molecule has 0 spiro atoms. The minimum atomic E-state index is -0.594. The summed E-state index contributed by atoms with van der Waals surface area (Å²) in [6, 6.07) is 12.5. The molecule has 29 heavy (non-hydrogen) atoms. The van der Waals surface area contributed by atoms with Gasteiger partial charge in [-0.05, 0) is 30.2 Å². The number of carbonyl (C=O) groups is 1. The Morgan fingerprint density at radius 2 is 2.00 bits per heavy atom. The normalized spacial score (nSPS) is 10.8. The van der Waals surface area contributed by atoms with Gasteiger partial charge in [-0.15, -0.1) is 11.3 Å². The van der Waals surface area contributed by atoms with Gasteiger partial charge in [0, 0.05) is 18.0 Å². The molecule has 146 valence electrons. The van der Waals surface area contributed by atoms with E-state index in [1.54, 1.807) is 18.2 Å². The number of nitrogens with two attached hydrogens (primary N) is 1. The number of halogens is 1. The monoisotopic (exact) mass is 425 g/mol. The Labute approximate surface area is 175 Å². The van der Waals surface area contributed by atoms with Crippen molar-refractivity contribution >= 4 is 44.9 Å². The maximum atomic E-state index is 11.2. The van der Waals surface area contributed by atoms with Crippen LogP contribution >= 0.6 is 22.9 Å². The average Bonchev–Trinajstić information content (AvgIpc) is 3.11. The van der Waals surface area contributed by atoms with Crippen LogP contribution in [0.4, 0.5) is 5.82 Å². The number of ether oxygens (including phenoxy) is 1. The molecular weight excluding hydrogens is 410 g/mol. The van der Waals surface area contributed by atoms with Gasteiger partial charge < -0.3 is 15.8 Å². The van der Waals surface area contributed by atoms with E-state index in [9.17, 15) is 4.79 Å². The fourth-order valence-electron chi connectivity index (χ4n) is 2.75. The molecule has 1 amide bonds. The molecule has 0 bridgehead atoms. The lowest BCUT2D eigenvalue weighted by molar-refractivity contribution is 0.0995. The summed E-state index contributed by atoms with van der Waals surface area (Å²) in [7, 11) is 0. The zero-order valence-electron chi connectivity index (χ0n) is 15.1. The highest BCUT2D eigenvalue weighted by Gasteiger charge is 2.09. The molecule has 7 nitrogen and oxygen atoms in total. The van der Waals surface area contributed by atoms with Crippen LogP contribution in [0.3, 0.4) is 0 Å². The van der Waals surface area contributed by atoms with Gasteiger partial charge in [0.1, 0.15) is 28.4 Å². The minimum absolute atomic E-state index is 0.162. The van der Waals surface area contributed by atoms with Crippen molar-refractivity contribution in [2.45, 2.75) is 6.42 Å². The van der Waals surface area contributed by atoms with Crippen LogP contribution in [0, 0.1) is 0 Å². The molecule has 3 N–H and O–H groups in total. The lowest BCUT2D eigenvalue weighted by atomic mass is 10.1. The molecule has 0 aliphatic carbocycles. The van der Waals surface area contributed by atoms with Crippen LogP contribution in [0.25, 0.3) is 10.2 Å². The SMILES string of the molecule is NC(=O)c1cccc(Oc2ccc(CCNc3ncnc4scc(Cl)c34)cc2)n1. The third kappa shape index (κ3) is 4.44. The molecule has 4 aromatic rings. The number of hydrogen-bond donors (Lipinski definition) is 2. The predicted octanol–water partition coefficient (Wildman–Crippen LogP) is 4.29. The second-order valence-electron chi connectivity index (χ2n) is 6.13. The van der Waals surface area contributed by atoms with E-state index in [-0.39, 0.29) is 5.69 Å². The molecule has 0 unspecified atom stereocenters. The number of thiophene rings is 1. The Balaban J connectivity index is 1.37. The fourth-order valence-corrected chi connectivity index (χ4v) is 3.89. The predicted molar refractivity (Wildman–Crippen MR) is 114 cm³/mol. The van der Waals surface area contributed by atoms with Crippen molar-refractivity contribution in [3.8, 4) is 11.6 Å². The van der Waals surface area contributed by atoms with Crippen molar-refractivity contribution in [3.63, 3.8) is 0 Å². The number of benzene rings is 1. The van der Waals surface area contributed by atoms with E-state index < -0.39 is 5.91 Å². The van der Waals surface area contributed by atoms with Crippen LogP contribution in [0.1, 0.15) is 16.1 Å². The highest BCUT2D eigenvalue weighted by molar-refractivity contribution is 7.17. The highest BCUT2D eigenvalue weighted by Crippen LogP contribution is 2.32. The van der Waals surface area contributed by atoms with Crippen molar-refractivity contribution < 1.29 is 9.53 Å². The third-order valence-electron chi connectivity index (χ3n) is 4.15. The largest absolute Gasteiger partial charge is 0.439 e. The molecule has 9 heteroatoms. The van der Waals surface area contributed by atoms with Gasteiger partial charge in [-0.3, -0.25) is 4.79 Å². The molecule has 4 rings (SSSR count). The standard InChI is InChI=1S/C20H16ClN5O2S/c21-14-10-29-20-17(14)19(24-11-25-20)23-9-8-12-4-6-13(7-5-12)28-16-3-1-2-15(26-16)18(22)27/h1-7,10-11H,8-9H2,(H2,22,27)(H,23,24,25). The molecule has 0 aliphatic rings. The van der Waals surface area contributed by atoms with Gasteiger partial charge >= 0.3 is 0 Å². The van der Waals surface area contributed by atoms with E-state index in [1.165, 1.54) is 17.7 Å². The Morgan fingerprint density at radius 1 is 1.17 bits per heavy atom.